The SMILES string of the molecule is CC(=O)S[C@@H]1CC2=CC(=O)CCC2(C)C2CCC3(C)C(C21)[C@H]1C[C@H]1[C@@]31CCC(=O)O1. The Morgan fingerprint density at radius 3 is 2.63 bits per heavy atom. The molecule has 5 heteroatoms. The van der Waals surface area contributed by atoms with E-state index in [2.05, 4.69) is 13.8 Å². The molecule has 9 atom stereocenters. The largest absolute Gasteiger partial charge is 0.458 e. The van der Waals surface area contributed by atoms with Gasteiger partial charge in [-0.2, -0.15) is 0 Å². The number of carbonyl (C=O) groups is 3. The summed E-state index contributed by atoms with van der Waals surface area (Å²) in [4.78, 5) is 36.7. The lowest BCUT2D eigenvalue weighted by atomic mass is 9.45. The van der Waals surface area contributed by atoms with E-state index in [4.69, 9.17) is 4.74 Å². The third-order valence-electron chi connectivity index (χ3n) is 10.4. The first-order valence-corrected chi connectivity index (χ1v) is 12.7. The summed E-state index contributed by atoms with van der Waals surface area (Å²) < 4.78 is 6.21. The number of hydrogen-bond donors (Lipinski definition) is 0. The van der Waals surface area contributed by atoms with Crippen molar-refractivity contribution in [3.63, 3.8) is 0 Å². The van der Waals surface area contributed by atoms with Crippen molar-refractivity contribution in [2.45, 2.75) is 83.0 Å². The molecule has 162 valence electrons. The quantitative estimate of drug-likeness (QED) is 0.566. The van der Waals surface area contributed by atoms with E-state index in [1.165, 1.54) is 23.8 Å². The number of ether oxygens (including phenoxy) is 1. The van der Waals surface area contributed by atoms with Crippen LogP contribution in [-0.4, -0.2) is 27.7 Å². The second-order valence-corrected chi connectivity index (χ2v) is 12.9. The molecule has 1 heterocycles. The average molecular weight is 429 g/mol. The van der Waals surface area contributed by atoms with Crippen molar-refractivity contribution in [1.82, 2.24) is 0 Å². The zero-order chi connectivity index (χ0) is 21.1. The number of thioether (sulfide) groups is 1. The minimum atomic E-state index is -0.255. The van der Waals surface area contributed by atoms with Crippen molar-refractivity contribution in [2.24, 2.45) is 40.4 Å². The third kappa shape index (κ3) is 2.28. The van der Waals surface area contributed by atoms with Crippen LogP contribution >= 0.6 is 11.8 Å². The fraction of sp³-hybridized carbons (Fsp3) is 0.800. The molecule has 1 spiro atoms. The number of fused-ring (bicyclic) bond motifs is 9. The molecule has 0 aromatic rings. The zero-order valence-corrected chi connectivity index (χ0v) is 19.1. The highest BCUT2D eigenvalue weighted by molar-refractivity contribution is 8.14. The topological polar surface area (TPSA) is 60.4 Å². The Hall–Kier alpha value is -1.10. The van der Waals surface area contributed by atoms with Gasteiger partial charge in [-0.1, -0.05) is 31.2 Å². The Bertz CT molecular complexity index is 894. The molecule has 30 heavy (non-hydrogen) atoms. The maximum absolute atomic E-state index is 12.3. The van der Waals surface area contributed by atoms with Gasteiger partial charge in [-0.15, -0.1) is 0 Å². The second-order valence-electron chi connectivity index (χ2n) is 11.4. The fourth-order valence-electron chi connectivity index (χ4n) is 9.18. The van der Waals surface area contributed by atoms with E-state index in [-0.39, 0.29) is 38.5 Å². The van der Waals surface area contributed by atoms with Crippen molar-refractivity contribution in [2.75, 3.05) is 0 Å². The highest BCUT2D eigenvalue weighted by Crippen LogP contribution is 2.79. The van der Waals surface area contributed by atoms with Crippen LogP contribution in [0.3, 0.4) is 0 Å². The third-order valence-corrected chi connectivity index (χ3v) is 11.5. The minimum absolute atomic E-state index is 0.00840. The summed E-state index contributed by atoms with van der Waals surface area (Å²) in [6.45, 7) is 6.49. The molecule has 0 bridgehead atoms. The molecule has 0 N–H and O–H groups in total. The summed E-state index contributed by atoms with van der Waals surface area (Å²) in [7, 11) is 0. The normalized spacial score (nSPS) is 53.4. The van der Waals surface area contributed by atoms with Crippen molar-refractivity contribution < 1.29 is 19.1 Å². The average Bonchev–Trinajstić information content (AvgIpc) is 3.31. The molecule has 5 fully saturated rings. The predicted octanol–water partition coefficient (Wildman–Crippen LogP) is 4.71. The number of hydrogen-bond acceptors (Lipinski definition) is 5. The zero-order valence-electron chi connectivity index (χ0n) is 18.2. The van der Waals surface area contributed by atoms with Gasteiger partial charge in [0.25, 0.3) is 0 Å². The summed E-state index contributed by atoms with van der Waals surface area (Å²) >= 11 is 1.52. The Morgan fingerprint density at radius 1 is 1.13 bits per heavy atom. The molecule has 0 radical (unpaired) electrons. The maximum atomic E-state index is 12.3. The van der Waals surface area contributed by atoms with Crippen LogP contribution in [0.4, 0.5) is 0 Å². The van der Waals surface area contributed by atoms with Crippen molar-refractivity contribution in [3.05, 3.63) is 11.6 Å². The van der Waals surface area contributed by atoms with Gasteiger partial charge in [0.05, 0.1) is 0 Å². The first-order valence-electron chi connectivity index (χ1n) is 11.8. The van der Waals surface area contributed by atoms with Gasteiger partial charge < -0.3 is 4.74 Å². The van der Waals surface area contributed by atoms with Crippen LogP contribution in [0, 0.1) is 40.4 Å². The number of allylic oxidation sites excluding steroid dienone is 1. The molecular formula is C25H32O4S. The molecule has 0 amide bonds. The molecule has 1 aliphatic heterocycles. The monoisotopic (exact) mass is 428 g/mol. The van der Waals surface area contributed by atoms with E-state index < -0.39 is 0 Å². The van der Waals surface area contributed by atoms with Crippen LogP contribution in [0.2, 0.25) is 0 Å². The number of rotatable bonds is 1. The summed E-state index contributed by atoms with van der Waals surface area (Å²) in [5, 5.41) is 0.431. The van der Waals surface area contributed by atoms with Crippen molar-refractivity contribution >= 4 is 28.6 Å². The number of carbonyl (C=O) groups excluding carboxylic acids is 3. The van der Waals surface area contributed by atoms with Crippen LogP contribution < -0.4 is 0 Å². The molecule has 5 unspecified atom stereocenters. The smallest absolute Gasteiger partial charge is 0.306 e. The van der Waals surface area contributed by atoms with Gasteiger partial charge in [0.2, 0.25) is 0 Å². The van der Waals surface area contributed by atoms with Crippen LogP contribution in [0.25, 0.3) is 0 Å². The highest BCUT2D eigenvalue weighted by Gasteiger charge is 2.79. The lowest BCUT2D eigenvalue weighted by Crippen LogP contribution is -2.59. The van der Waals surface area contributed by atoms with Crippen LogP contribution in [0.5, 0.6) is 0 Å². The van der Waals surface area contributed by atoms with Gasteiger partial charge >= 0.3 is 5.97 Å². The molecular weight excluding hydrogens is 396 g/mol. The lowest BCUT2D eigenvalue weighted by molar-refractivity contribution is -0.176. The van der Waals surface area contributed by atoms with Gasteiger partial charge in [0.15, 0.2) is 10.9 Å². The van der Waals surface area contributed by atoms with Crippen molar-refractivity contribution in [1.29, 1.82) is 0 Å². The standard InChI is InChI=1S/C25H32O4S/c1-13(26)30-19-11-14-10-15(27)4-7-23(14,2)17-5-8-24(3)22(21(17)19)16-12-18(16)25(24)9-6-20(28)29-25/h10,16-19,21-22H,4-9,11-12H2,1-3H3/t16-,17?,18+,19+,21?,22?,23?,24?,25-/m0/s1. The molecule has 0 aromatic carbocycles. The first kappa shape index (κ1) is 19.6. The Balaban J connectivity index is 1.45. The number of esters is 1. The van der Waals surface area contributed by atoms with Gasteiger partial charge in [0.1, 0.15) is 5.60 Å². The first-order chi connectivity index (χ1) is 14.2. The minimum Gasteiger partial charge on any atom is -0.458 e. The van der Waals surface area contributed by atoms with Crippen LogP contribution in [-0.2, 0) is 19.1 Å². The molecule has 5 aliphatic carbocycles. The van der Waals surface area contributed by atoms with Gasteiger partial charge in [0, 0.05) is 36.3 Å². The molecule has 1 saturated heterocycles. The van der Waals surface area contributed by atoms with Crippen LogP contribution in [0.15, 0.2) is 11.6 Å². The van der Waals surface area contributed by atoms with Gasteiger partial charge in [-0.3, -0.25) is 14.4 Å². The van der Waals surface area contributed by atoms with Gasteiger partial charge in [-0.05, 0) is 73.7 Å². The Morgan fingerprint density at radius 2 is 1.93 bits per heavy atom. The summed E-state index contributed by atoms with van der Waals surface area (Å²) in [6.07, 6.45) is 9.27. The number of ketones is 1. The maximum Gasteiger partial charge on any atom is 0.306 e. The van der Waals surface area contributed by atoms with E-state index >= 15 is 0 Å². The van der Waals surface area contributed by atoms with Crippen LogP contribution in [0.1, 0.15) is 72.1 Å². The molecule has 6 aliphatic rings. The van der Waals surface area contributed by atoms with E-state index in [1.807, 2.05) is 6.08 Å². The summed E-state index contributed by atoms with van der Waals surface area (Å²) in [6, 6.07) is 0. The van der Waals surface area contributed by atoms with E-state index in [0.29, 0.717) is 42.4 Å². The fourth-order valence-corrected chi connectivity index (χ4v) is 10.4. The Kier molecular flexibility index (Phi) is 3.93. The van der Waals surface area contributed by atoms with E-state index in [9.17, 15) is 14.4 Å². The summed E-state index contributed by atoms with van der Waals surface area (Å²) in [5.74, 6) is 2.94. The molecule has 4 nitrogen and oxygen atoms in total. The molecule has 0 aromatic heterocycles. The lowest BCUT2D eigenvalue weighted by Gasteiger charge is -2.62. The van der Waals surface area contributed by atoms with E-state index in [0.717, 1.165) is 32.1 Å². The Labute approximate surface area is 182 Å². The second kappa shape index (κ2) is 6.02. The summed E-state index contributed by atoms with van der Waals surface area (Å²) in [5.41, 5.74) is 1.16. The molecule has 4 saturated carbocycles. The van der Waals surface area contributed by atoms with E-state index in [1.54, 1.807) is 6.92 Å². The predicted molar refractivity (Wildman–Crippen MR) is 115 cm³/mol. The van der Waals surface area contributed by atoms with Crippen molar-refractivity contribution in [3.8, 4) is 0 Å². The highest BCUT2D eigenvalue weighted by atomic mass is 32.2. The van der Waals surface area contributed by atoms with Gasteiger partial charge in [-0.25, -0.2) is 0 Å². The molecule has 6 rings (SSSR count).